The molecule has 142 valence electrons. The topological polar surface area (TPSA) is 36.0 Å². The van der Waals surface area contributed by atoms with Crippen LogP contribution in [0.25, 0.3) is 6.08 Å². The molecule has 0 saturated carbocycles. The Morgan fingerprint density at radius 1 is 1.15 bits per heavy atom. The summed E-state index contributed by atoms with van der Waals surface area (Å²) in [6.07, 6.45) is 6.83. The average Bonchev–Trinajstić information content (AvgIpc) is 2.69. The summed E-state index contributed by atoms with van der Waals surface area (Å²) in [6.45, 7) is 9.09. The Bertz CT molecular complexity index is 582. The quantitative estimate of drug-likeness (QED) is 0.812. The van der Waals surface area contributed by atoms with Gasteiger partial charge >= 0.3 is 6.09 Å². The van der Waals surface area contributed by atoms with Crippen molar-refractivity contribution in [2.45, 2.75) is 25.8 Å². The zero-order valence-electron chi connectivity index (χ0n) is 15.8. The van der Waals surface area contributed by atoms with Crippen molar-refractivity contribution >= 4 is 12.2 Å². The summed E-state index contributed by atoms with van der Waals surface area (Å²) >= 11 is 0. The van der Waals surface area contributed by atoms with E-state index in [1.807, 2.05) is 17.9 Å². The van der Waals surface area contributed by atoms with E-state index in [2.05, 4.69) is 46.2 Å². The van der Waals surface area contributed by atoms with Gasteiger partial charge in [0.15, 0.2) is 0 Å². The number of benzene rings is 1. The molecule has 0 N–H and O–H groups in total. The van der Waals surface area contributed by atoms with Crippen LogP contribution in [0.3, 0.4) is 0 Å². The van der Waals surface area contributed by atoms with Crippen LogP contribution in [0, 0.1) is 0 Å². The number of amides is 1. The monoisotopic (exact) mass is 357 g/mol. The Morgan fingerprint density at radius 3 is 2.65 bits per heavy atom. The number of nitrogens with zero attached hydrogens (tertiary/aromatic N) is 3. The highest BCUT2D eigenvalue weighted by Crippen LogP contribution is 2.18. The molecule has 2 fully saturated rings. The van der Waals surface area contributed by atoms with Crippen LogP contribution >= 0.6 is 0 Å². The molecule has 5 heteroatoms. The van der Waals surface area contributed by atoms with Gasteiger partial charge in [-0.2, -0.15) is 0 Å². The Hall–Kier alpha value is -1.85. The van der Waals surface area contributed by atoms with Crippen molar-refractivity contribution in [1.29, 1.82) is 0 Å². The van der Waals surface area contributed by atoms with Gasteiger partial charge in [-0.25, -0.2) is 4.79 Å². The van der Waals surface area contributed by atoms with E-state index >= 15 is 0 Å². The highest BCUT2D eigenvalue weighted by Gasteiger charge is 2.29. The van der Waals surface area contributed by atoms with Crippen LogP contribution in [-0.4, -0.2) is 79.3 Å². The summed E-state index contributed by atoms with van der Waals surface area (Å²) in [7, 11) is 0. The maximum atomic E-state index is 11.8. The largest absolute Gasteiger partial charge is 0.450 e. The van der Waals surface area contributed by atoms with Gasteiger partial charge in [0.05, 0.1) is 6.61 Å². The van der Waals surface area contributed by atoms with Crippen LogP contribution in [0.5, 0.6) is 0 Å². The van der Waals surface area contributed by atoms with Crippen molar-refractivity contribution < 1.29 is 9.53 Å². The number of carbonyl (C=O) groups excluding carboxylic acids is 1. The van der Waals surface area contributed by atoms with Crippen molar-refractivity contribution in [2.24, 2.45) is 0 Å². The third kappa shape index (κ3) is 5.32. The fourth-order valence-electron chi connectivity index (χ4n) is 3.88. The third-order valence-corrected chi connectivity index (χ3v) is 5.31. The summed E-state index contributed by atoms with van der Waals surface area (Å²) in [6, 6.07) is 11.1. The molecule has 2 heterocycles. The molecule has 0 aromatic heterocycles. The first-order valence-corrected chi connectivity index (χ1v) is 9.86. The van der Waals surface area contributed by atoms with E-state index in [-0.39, 0.29) is 6.09 Å². The van der Waals surface area contributed by atoms with Crippen molar-refractivity contribution in [1.82, 2.24) is 14.7 Å². The second-order valence-electron chi connectivity index (χ2n) is 7.09. The highest BCUT2D eigenvalue weighted by molar-refractivity contribution is 5.67. The molecule has 1 atom stereocenters. The number of rotatable bonds is 5. The molecule has 1 aromatic carbocycles. The maximum Gasteiger partial charge on any atom is 0.409 e. The molecule has 1 amide bonds. The summed E-state index contributed by atoms with van der Waals surface area (Å²) in [5, 5.41) is 0. The number of piperazine rings is 1. The molecule has 0 aliphatic carbocycles. The SMILES string of the molecule is CCOC(=O)N1CCN([C@@H]2CCCN(C/C=C/c3ccccc3)C2)CC1. The van der Waals surface area contributed by atoms with Gasteiger partial charge in [-0.05, 0) is 31.9 Å². The Labute approximate surface area is 157 Å². The molecule has 5 nitrogen and oxygen atoms in total. The fourth-order valence-corrected chi connectivity index (χ4v) is 3.88. The number of carbonyl (C=O) groups is 1. The molecule has 2 aliphatic rings. The first kappa shape index (κ1) is 18.9. The van der Waals surface area contributed by atoms with Crippen LogP contribution in [0.2, 0.25) is 0 Å². The summed E-state index contributed by atoms with van der Waals surface area (Å²) in [5.74, 6) is 0. The molecule has 0 spiro atoms. The van der Waals surface area contributed by atoms with Gasteiger partial charge in [0.2, 0.25) is 0 Å². The van der Waals surface area contributed by atoms with E-state index in [4.69, 9.17) is 4.74 Å². The Morgan fingerprint density at radius 2 is 1.92 bits per heavy atom. The van der Waals surface area contributed by atoms with Crippen molar-refractivity contribution in [3.63, 3.8) is 0 Å². The molecule has 3 rings (SSSR count). The number of hydrogen-bond acceptors (Lipinski definition) is 4. The number of hydrogen-bond donors (Lipinski definition) is 0. The zero-order valence-corrected chi connectivity index (χ0v) is 15.8. The normalized spacial score (nSPS) is 22.7. The molecule has 0 bridgehead atoms. The van der Waals surface area contributed by atoms with Crippen molar-refractivity contribution in [3.8, 4) is 0 Å². The predicted molar refractivity (Wildman–Crippen MR) is 105 cm³/mol. The lowest BCUT2D eigenvalue weighted by Gasteiger charge is -2.43. The van der Waals surface area contributed by atoms with E-state index in [1.54, 1.807) is 0 Å². The first-order valence-electron chi connectivity index (χ1n) is 9.86. The lowest BCUT2D eigenvalue weighted by Crippen LogP contribution is -2.56. The second kappa shape index (κ2) is 9.74. The molecular weight excluding hydrogens is 326 g/mol. The van der Waals surface area contributed by atoms with Gasteiger partial charge in [0, 0.05) is 45.3 Å². The molecular formula is C21H31N3O2. The number of piperidine rings is 1. The minimum atomic E-state index is -0.163. The second-order valence-corrected chi connectivity index (χ2v) is 7.09. The molecule has 26 heavy (non-hydrogen) atoms. The van der Waals surface area contributed by atoms with Gasteiger partial charge in [0.1, 0.15) is 0 Å². The van der Waals surface area contributed by atoms with Crippen molar-refractivity contribution in [3.05, 3.63) is 42.0 Å². The molecule has 2 aliphatic heterocycles. The third-order valence-electron chi connectivity index (χ3n) is 5.31. The average molecular weight is 357 g/mol. The summed E-state index contributed by atoms with van der Waals surface area (Å²) in [5.41, 5.74) is 1.26. The highest BCUT2D eigenvalue weighted by atomic mass is 16.6. The fraction of sp³-hybridized carbons (Fsp3) is 0.571. The Balaban J connectivity index is 1.44. The van der Waals surface area contributed by atoms with Gasteiger partial charge in [0.25, 0.3) is 0 Å². The molecule has 0 unspecified atom stereocenters. The van der Waals surface area contributed by atoms with Crippen LogP contribution in [-0.2, 0) is 4.74 Å². The van der Waals surface area contributed by atoms with Crippen LogP contribution in [0.15, 0.2) is 36.4 Å². The minimum Gasteiger partial charge on any atom is -0.450 e. The van der Waals surface area contributed by atoms with Crippen LogP contribution < -0.4 is 0 Å². The standard InChI is InChI=1S/C21H31N3O2/c1-2-26-21(25)24-16-14-23(15-17-24)20-11-7-13-22(18-20)12-6-10-19-8-4-3-5-9-19/h3-6,8-10,20H,2,7,11-18H2,1H3/b10-6+/t20-/m1/s1. The molecule has 0 radical (unpaired) electrons. The van der Waals surface area contributed by atoms with E-state index in [1.165, 1.54) is 24.9 Å². The van der Waals surface area contributed by atoms with Gasteiger partial charge in [-0.3, -0.25) is 9.80 Å². The summed E-state index contributed by atoms with van der Waals surface area (Å²) < 4.78 is 5.11. The lowest BCUT2D eigenvalue weighted by atomic mass is 10.0. The van der Waals surface area contributed by atoms with Crippen LogP contribution in [0.4, 0.5) is 4.79 Å². The Kier molecular flexibility index (Phi) is 7.09. The predicted octanol–water partition coefficient (Wildman–Crippen LogP) is 2.94. The van der Waals surface area contributed by atoms with E-state index in [9.17, 15) is 4.79 Å². The van der Waals surface area contributed by atoms with Gasteiger partial charge in [-0.1, -0.05) is 42.5 Å². The smallest absolute Gasteiger partial charge is 0.409 e. The van der Waals surface area contributed by atoms with E-state index in [0.717, 1.165) is 39.3 Å². The zero-order chi connectivity index (χ0) is 18.2. The van der Waals surface area contributed by atoms with Gasteiger partial charge < -0.3 is 9.64 Å². The minimum absolute atomic E-state index is 0.163. The number of likely N-dealkylation sites (tertiary alicyclic amines) is 1. The van der Waals surface area contributed by atoms with E-state index < -0.39 is 0 Å². The van der Waals surface area contributed by atoms with Gasteiger partial charge in [-0.15, -0.1) is 0 Å². The lowest BCUT2D eigenvalue weighted by molar-refractivity contribution is 0.0450. The summed E-state index contributed by atoms with van der Waals surface area (Å²) in [4.78, 5) is 18.8. The van der Waals surface area contributed by atoms with Crippen molar-refractivity contribution in [2.75, 3.05) is 52.4 Å². The molecule has 2 saturated heterocycles. The van der Waals surface area contributed by atoms with E-state index in [0.29, 0.717) is 12.6 Å². The first-order chi connectivity index (χ1) is 12.8. The van der Waals surface area contributed by atoms with Crippen LogP contribution in [0.1, 0.15) is 25.3 Å². The maximum absolute atomic E-state index is 11.8. The molecule has 1 aromatic rings. The number of ether oxygens (including phenoxy) is 1.